The SMILES string of the molecule is CO[C]1NC=CC=C1[N+](=O)[O-]. The molecule has 0 fully saturated rings. The molecular formula is C6H7N2O3. The average molecular weight is 155 g/mol. The van der Waals surface area contributed by atoms with Crippen molar-refractivity contribution in [2.75, 3.05) is 7.11 Å². The maximum Gasteiger partial charge on any atom is 0.304 e. The van der Waals surface area contributed by atoms with E-state index in [4.69, 9.17) is 4.74 Å². The first kappa shape index (κ1) is 7.74. The molecule has 0 aromatic carbocycles. The van der Waals surface area contributed by atoms with Gasteiger partial charge in [0.25, 0.3) is 6.23 Å². The number of rotatable bonds is 2. The Balaban J connectivity index is 2.78. The van der Waals surface area contributed by atoms with Crippen molar-refractivity contribution >= 4 is 0 Å². The molecule has 0 saturated heterocycles. The minimum Gasteiger partial charge on any atom is -0.350 e. The Bertz CT molecular complexity index is 222. The Morgan fingerprint density at radius 2 is 2.45 bits per heavy atom. The fraction of sp³-hybridized carbons (Fsp3) is 0.167. The summed E-state index contributed by atoms with van der Waals surface area (Å²) in [5.41, 5.74) is -0.0602. The van der Waals surface area contributed by atoms with E-state index in [1.165, 1.54) is 13.2 Å². The van der Waals surface area contributed by atoms with Crippen molar-refractivity contribution in [2.24, 2.45) is 0 Å². The van der Waals surface area contributed by atoms with Gasteiger partial charge in [-0.15, -0.1) is 0 Å². The molecule has 1 rings (SSSR count). The molecule has 0 atom stereocenters. The van der Waals surface area contributed by atoms with Crippen molar-refractivity contribution in [3.8, 4) is 0 Å². The number of nitrogens with zero attached hydrogens (tertiary/aromatic N) is 1. The third kappa shape index (κ3) is 1.56. The first-order valence-electron chi connectivity index (χ1n) is 2.95. The molecule has 0 bridgehead atoms. The highest BCUT2D eigenvalue weighted by atomic mass is 16.6. The summed E-state index contributed by atoms with van der Waals surface area (Å²) in [5.74, 6) is 0. The Kier molecular flexibility index (Phi) is 2.22. The normalized spacial score (nSPS) is 17.4. The van der Waals surface area contributed by atoms with E-state index in [1.807, 2.05) is 0 Å². The number of nitrogens with one attached hydrogen (secondary N) is 1. The molecule has 1 heterocycles. The molecule has 11 heavy (non-hydrogen) atoms. The molecular weight excluding hydrogens is 148 g/mol. The minimum absolute atomic E-state index is 0.0602. The van der Waals surface area contributed by atoms with E-state index in [-0.39, 0.29) is 11.9 Å². The third-order valence-corrected chi connectivity index (χ3v) is 1.20. The Morgan fingerprint density at radius 3 is 2.91 bits per heavy atom. The van der Waals surface area contributed by atoms with E-state index >= 15 is 0 Å². The van der Waals surface area contributed by atoms with Crippen LogP contribution >= 0.6 is 0 Å². The minimum atomic E-state index is -0.505. The highest BCUT2D eigenvalue weighted by Gasteiger charge is 2.26. The van der Waals surface area contributed by atoms with E-state index in [2.05, 4.69) is 5.32 Å². The lowest BCUT2D eigenvalue weighted by atomic mass is 10.3. The zero-order valence-electron chi connectivity index (χ0n) is 5.90. The second-order valence-electron chi connectivity index (χ2n) is 1.85. The van der Waals surface area contributed by atoms with Gasteiger partial charge in [0.2, 0.25) is 0 Å². The predicted molar refractivity (Wildman–Crippen MR) is 37.6 cm³/mol. The summed E-state index contributed by atoms with van der Waals surface area (Å²) >= 11 is 0. The molecule has 1 aliphatic rings. The third-order valence-electron chi connectivity index (χ3n) is 1.20. The maximum absolute atomic E-state index is 10.3. The van der Waals surface area contributed by atoms with E-state index in [9.17, 15) is 10.1 Å². The molecule has 1 aliphatic heterocycles. The molecule has 5 nitrogen and oxygen atoms in total. The second-order valence-corrected chi connectivity index (χ2v) is 1.85. The quantitative estimate of drug-likeness (QED) is 0.463. The Morgan fingerprint density at radius 1 is 1.73 bits per heavy atom. The summed E-state index contributed by atoms with van der Waals surface area (Å²) < 4.78 is 4.71. The number of allylic oxidation sites excluding steroid dienone is 2. The molecule has 59 valence electrons. The number of hydrogen-bond donors (Lipinski definition) is 1. The van der Waals surface area contributed by atoms with Gasteiger partial charge < -0.3 is 10.1 Å². The van der Waals surface area contributed by atoms with Gasteiger partial charge in [-0.2, -0.15) is 0 Å². The number of hydrogen-bond acceptors (Lipinski definition) is 4. The van der Waals surface area contributed by atoms with Crippen LogP contribution in [-0.2, 0) is 4.74 Å². The Labute approximate surface area is 63.5 Å². The number of nitro groups is 1. The van der Waals surface area contributed by atoms with Crippen LogP contribution in [0.25, 0.3) is 0 Å². The molecule has 0 aromatic rings. The average Bonchev–Trinajstić information content (AvgIpc) is 2.04. The lowest BCUT2D eigenvalue weighted by Gasteiger charge is -2.12. The molecule has 5 heteroatoms. The van der Waals surface area contributed by atoms with Gasteiger partial charge >= 0.3 is 5.70 Å². The first-order valence-corrected chi connectivity index (χ1v) is 2.95. The van der Waals surface area contributed by atoms with Crippen LogP contribution in [0.3, 0.4) is 0 Å². The van der Waals surface area contributed by atoms with E-state index in [1.54, 1.807) is 12.3 Å². The smallest absolute Gasteiger partial charge is 0.304 e. The van der Waals surface area contributed by atoms with Crippen molar-refractivity contribution in [1.29, 1.82) is 0 Å². The lowest BCUT2D eigenvalue weighted by Crippen LogP contribution is -2.25. The second kappa shape index (κ2) is 3.16. The fourth-order valence-electron chi connectivity index (χ4n) is 0.720. The molecule has 0 aromatic heterocycles. The first-order chi connectivity index (χ1) is 5.25. The van der Waals surface area contributed by atoms with Crippen LogP contribution in [0.2, 0.25) is 0 Å². The van der Waals surface area contributed by atoms with Gasteiger partial charge in [0.1, 0.15) is 0 Å². The summed E-state index contributed by atoms with van der Waals surface area (Å²) in [6.45, 7) is 0. The van der Waals surface area contributed by atoms with Gasteiger partial charge in [-0.3, -0.25) is 10.1 Å². The molecule has 0 amide bonds. The van der Waals surface area contributed by atoms with Crippen molar-refractivity contribution in [2.45, 2.75) is 0 Å². The zero-order valence-corrected chi connectivity index (χ0v) is 5.90. The van der Waals surface area contributed by atoms with E-state index in [0.717, 1.165) is 0 Å². The van der Waals surface area contributed by atoms with Crippen LogP contribution in [0, 0.1) is 16.3 Å². The summed E-state index contributed by atoms with van der Waals surface area (Å²) in [6.07, 6.45) is 4.64. The van der Waals surface area contributed by atoms with Crippen LogP contribution in [-0.4, -0.2) is 12.0 Å². The summed E-state index contributed by atoms with van der Waals surface area (Å²) in [5, 5.41) is 12.9. The number of methoxy groups -OCH3 is 1. The largest absolute Gasteiger partial charge is 0.350 e. The molecule has 0 saturated carbocycles. The molecule has 1 radical (unpaired) electrons. The van der Waals surface area contributed by atoms with Gasteiger partial charge in [-0.1, -0.05) is 0 Å². The van der Waals surface area contributed by atoms with Gasteiger partial charge in [-0.25, -0.2) is 0 Å². The standard InChI is InChI=1S/C6H7N2O3/c1-11-6-5(8(9)10)3-2-4-7-6/h2-4,7H,1H3. The molecule has 0 aliphatic carbocycles. The number of ether oxygens (including phenoxy) is 1. The summed E-state index contributed by atoms with van der Waals surface area (Å²) in [7, 11) is 1.37. The van der Waals surface area contributed by atoms with Crippen molar-refractivity contribution in [3.63, 3.8) is 0 Å². The zero-order chi connectivity index (χ0) is 8.27. The van der Waals surface area contributed by atoms with Gasteiger partial charge in [0.05, 0.1) is 4.92 Å². The summed E-state index contributed by atoms with van der Waals surface area (Å²) in [6, 6.07) is 0. The Hall–Kier alpha value is -1.36. The van der Waals surface area contributed by atoms with Crippen molar-refractivity contribution in [1.82, 2.24) is 5.32 Å². The molecule has 1 N–H and O–H groups in total. The number of dihydropyridines is 1. The highest BCUT2D eigenvalue weighted by Crippen LogP contribution is 2.14. The van der Waals surface area contributed by atoms with E-state index < -0.39 is 4.92 Å². The van der Waals surface area contributed by atoms with Crippen LogP contribution in [0.15, 0.2) is 24.0 Å². The molecule has 0 unspecified atom stereocenters. The van der Waals surface area contributed by atoms with Crippen LogP contribution in [0.5, 0.6) is 0 Å². The fourth-order valence-corrected chi connectivity index (χ4v) is 0.720. The lowest BCUT2D eigenvalue weighted by molar-refractivity contribution is -0.429. The highest BCUT2D eigenvalue weighted by molar-refractivity contribution is 5.22. The summed E-state index contributed by atoms with van der Waals surface area (Å²) in [4.78, 5) is 9.78. The van der Waals surface area contributed by atoms with Gasteiger partial charge in [0.15, 0.2) is 0 Å². The van der Waals surface area contributed by atoms with Gasteiger partial charge in [-0.05, 0) is 12.3 Å². The van der Waals surface area contributed by atoms with Crippen LogP contribution < -0.4 is 5.32 Å². The van der Waals surface area contributed by atoms with Gasteiger partial charge in [0, 0.05) is 13.2 Å². The monoisotopic (exact) mass is 155 g/mol. The molecule has 0 spiro atoms. The maximum atomic E-state index is 10.3. The van der Waals surface area contributed by atoms with Crippen LogP contribution in [0.1, 0.15) is 0 Å². The van der Waals surface area contributed by atoms with Crippen molar-refractivity contribution < 1.29 is 9.66 Å². The topological polar surface area (TPSA) is 64.4 Å². The van der Waals surface area contributed by atoms with Crippen LogP contribution in [0.4, 0.5) is 0 Å². The predicted octanol–water partition coefficient (Wildman–Crippen LogP) is 0.400. The van der Waals surface area contributed by atoms with Crippen molar-refractivity contribution in [3.05, 3.63) is 40.4 Å². The van der Waals surface area contributed by atoms with E-state index in [0.29, 0.717) is 0 Å².